The predicted octanol–water partition coefficient (Wildman–Crippen LogP) is 1.23. The van der Waals surface area contributed by atoms with Crippen molar-refractivity contribution in [3.63, 3.8) is 0 Å². The maximum Gasteiger partial charge on any atom is 0.254 e. The van der Waals surface area contributed by atoms with Crippen molar-refractivity contribution in [2.75, 3.05) is 13.1 Å². The van der Waals surface area contributed by atoms with Crippen LogP contribution in [0.15, 0.2) is 23.1 Å². The van der Waals surface area contributed by atoms with Gasteiger partial charge in [0.15, 0.2) is 0 Å². The molecule has 0 saturated carbocycles. The Kier molecular flexibility index (Phi) is 3.52. The number of aromatic nitrogens is 1. The van der Waals surface area contributed by atoms with E-state index < -0.39 is 0 Å². The van der Waals surface area contributed by atoms with Crippen LogP contribution in [0.25, 0.3) is 0 Å². The number of halogens is 1. The highest BCUT2D eigenvalue weighted by Gasteiger charge is 2.23. The van der Waals surface area contributed by atoms with Gasteiger partial charge in [-0.15, -0.1) is 11.6 Å². The first kappa shape index (κ1) is 12.2. The molecule has 0 radical (unpaired) electrons. The monoisotopic (exact) mass is 254 g/mol. The van der Waals surface area contributed by atoms with Crippen molar-refractivity contribution in [1.82, 2.24) is 9.47 Å². The van der Waals surface area contributed by atoms with Crippen molar-refractivity contribution >= 4 is 17.5 Å². The molecule has 0 aliphatic carbocycles. The van der Waals surface area contributed by atoms with E-state index >= 15 is 0 Å². The molecule has 2 rings (SSSR count). The van der Waals surface area contributed by atoms with E-state index in [9.17, 15) is 9.59 Å². The number of aryl methyl sites for hydroxylation is 1. The van der Waals surface area contributed by atoms with Gasteiger partial charge in [0.2, 0.25) is 0 Å². The molecule has 0 N–H and O–H groups in total. The SMILES string of the molecule is Cn1ccc(C(=O)N2CCCC(Cl)C2)cc1=O. The molecule has 17 heavy (non-hydrogen) atoms. The number of piperidine rings is 1. The van der Waals surface area contributed by atoms with E-state index in [1.165, 1.54) is 10.6 Å². The molecule has 1 amide bonds. The van der Waals surface area contributed by atoms with Crippen molar-refractivity contribution in [1.29, 1.82) is 0 Å². The average molecular weight is 255 g/mol. The van der Waals surface area contributed by atoms with Gasteiger partial charge >= 0.3 is 0 Å². The summed E-state index contributed by atoms with van der Waals surface area (Å²) in [6, 6.07) is 3.04. The first-order chi connectivity index (χ1) is 8.08. The fourth-order valence-corrected chi connectivity index (χ4v) is 2.29. The summed E-state index contributed by atoms with van der Waals surface area (Å²) < 4.78 is 1.44. The maximum absolute atomic E-state index is 12.1. The Morgan fingerprint density at radius 2 is 2.29 bits per heavy atom. The van der Waals surface area contributed by atoms with E-state index in [2.05, 4.69) is 0 Å². The standard InChI is InChI=1S/C12H15ClN2O2/c1-14-6-4-9(7-11(14)16)12(17)15-5-2-3-10(13)8-15/h4,6-7,10H,2-3,5,8H2,1H3. The molecule has 1 aromatic rings. The minimum atomic E-state index is -0.171. The van der Waals surface area contributed by atoms with Crippen LogP contribution in [-0.4, -0.2) is 33.8 Å². The smallest absolute Gasteiger partial charge is 0.254 e. The van der Waals surface area contributed by atoms with Crippen LogP contribution in [0.5, 0.6) is 0 Å². The van der Waals surface area contributed by atoms with Gasteiger partial charge in [-0.25, -0.2) is 0 Å². The van der Waals surface area contributed by atoms with E-state index in [1.807, 2.05) is 0 Å². The largest absolute Gasteiger partial charge is 0.337 e. The Bertz CT molecular complexity index is 484. The van der Waals surface area contributed by atoms with Gasteiger partial charge < -0.3 is 9.47 Å². The Morgan fingerprint density at radius 1 is 1.53 bits per heavy atom. The molecule has 1 aliphatic rings. The van der Waals surface area contributed by atoms with E-state index in [0.29, 0.717) is 12.1 Å². The van der Waals surface area contributed by atoms with Crippen LogP contribution in [0, 0.1) is 0 Å². The van der Waals surface area contributed by atoms with Crippen LogP contribution < -0.4 is 5.56 Å². The zero-order chi connectivity index (χ0) is 12.4. The molecule has 1 fully saturated rings. The summed E-state index contributed by atoms with van der Waals surface area (Å²) in [6.07, 6.45) is 3.48. The van der Waals surface area contributed by atoms with Crippen LogP contribution >= 0.6 is 11.6 Å². The molecule has 1 aliphatic heterocycles. The number of pyridine rings is 1. The Hall–Kier alpha value is -1.29. The molecular formula is C12H15ClN2O2. The predicted molar refractivity (Wildman–Crippen MR) is 66.5 cm³/mol. The topological polar surface area (TPSA) is 42.3 Å². The average Bonchev–Trinajstić information content (AvgIpc) is 2.32. The first-order valence-corrected chi connectivity index (χ1v) is 6.11. The third-order valence-corrected chi connectivity index (χ3v) is 3.36. The second-order valence-corrected chi connectivity index (χ2v) is 4.97. The van der Waals surface area contributed by atoms with Crippen LogP contribution in [0.2, 0.25) is 0 Å². The molecule has 0 aromatic carbocycles. The molecule has 0 spiro atoms. The van der Waals surface area contributed by atoms with Crippen LogP contribution in [-0.2, 0) is 7.05 Å². The quantitative estimate of drug-likeness (QED) is 0.708. The first-order valence-electron chi connectivity index (χ1n) is 5.68. The molecule has 0 bridgehead atoms. The minimum absolute atomic E-state index is 0.0271. The summed E-state index contributed by atoms with van der Waals surface area (Å²) in [7, 11) is 1.66. The van der Waals surface area contributed by atoms with Crippen molar-refractivity contribution in [3.8, 4) is 0 Å². The number of likely N-dealkylation sites (tertiary alicyclic amines) is 1. The highest BCUT2D eigenvalue weighted by molar-refractivity contribution is 6.21. The molecule has 1 saturated heterocycles. The lowest BCUT2D eigenvalue weighted by atomic mass is 10.1. The molecule has 4 nitrogen and oxygen atoms in total. The normalized spacial score (nSPS) is 20.4. The third kappa shape index (κ3) is 2.69. The highest BCUT2D eigenvalue weighted by atomic mass is 35.5. The summed E-state index contributed by atoms with van der Waals surface area (Å²) >= 11 is 6.04. The number of amides is 1. The second-order valence-electron chi connectivity index (χ2n) is 4.36. The number of hydrogen-bond acceptors (Lipinski definition) is 2. The molecule has 5 heteroatoms. The Balaban J connectivity index is 2.18. The summed E-state index contributed by atoms with van der Waals surface area (Å²) in [5.41, 5.74) is 0.272. The number of carbonyl (C=O) groups is 1. The number of carbonyl (C=O) groups excluding carboxylic acids is 1. The van der Waals surface area contributed by atoms with E-state index in [-0.39, 0.29) is 16.8 Å². The Labute approximate surface area is 105 Å². The van der Waals surface area contributed by atoms with Crippen molar-refractivity contribution < 1.29 is 4.79 Å². The van der Waals surface area contributed by atoms with Crippen molar-refractivity contribution in [3.05, 3.63) is 34.2 Å². The van der Waals surface area contributed by atoms with Gasteiger partial charge in [-0.2, -0.15) is 0 Å². The van der Waals surface area contributed by atoms with Crippen LogP contribution in [0.4, 0.5) is 0 Å². The second kappa shape index (κ2) is 4.92. The molecule has 1 aromatic heterocycles. The third-order valence-electron chi connectivity index (χ3n) is 3.00. The number of nitrogens with zero attached hydrogens (tertiary/aromatic N) is 2. The lowest BCUT2D eigenvalue weighted by molar-refractivity contribution is 0.0726. The minimum Gasteiger partial charge on any atom is -0.337 e. The van der Waals surface area contributed by atoms with Gasteiger partial charge in [-0.1, -0.05) is 0 Å². The molecule has 92 valence electrons. The lowest BCUT2D eigenvalue weighted by Gasteiger charge is -2.29. The Morgan fingerprint density at radius 3 is 2.94 bits per heavy atom. The maximum atomic E-state index is 12.1. The summed E-state index contributed by atoms with van der Waals surface area (Å²) in [5, 5.41) is 0.0271. The summed E-state index contributed by atoms with van der Waals surface area (Å²) in [4.78, 5) is 25.3. The number of rotatable bonds is 1. The summed E-state index contributed by atoms with van der Waals surface area (Å²) in [5.74, 6) is -0.104. The molecule has 2 heterocycles. The fourth-order valence-electron chi connectivity index (χ4n) is 1.97. The van der Waals surface area contributed by atoms with Crippen molar-refractivity contribution in [2.45, 2.75) is 18.2 Å². The van der Waals surface area contributed by atoms with Crippen LogP contribution in [0.3, 0.4) is 0 Å². The van der Waals surface area contributed by atoms with Crippen molar-refractivity contribution in [2.24, 2.45) is 7.05 Å². The lowest BCUT2D eigenvalue weighted by Crippen LogP contribution is -2.40. The van der Waals surface area contributed by atoms with E-state index in [0.717, 1.165) is 19.4 Å². The van der Waals surface area contributed by atoms with E-state index in [4.69, 9.17) is 11.6 Å². The van der Waals surface area contributed by atoms with Gasteiger partial charge in [0.25, 0.3) is 11.5 Å². The van der Waals surface area contributed by atoms with Gasteiger partial charge in [0, 0.05) is 38.0 Å². The number of alkyl halides is 1. The van der Waals surface area contributed by atoms with Gasteiger partial charge in [0.1, 0.15) is 0 Å². The molecule has 1 atom stereocenters. The molecule has 1 unspecified atom stereocenters. The van der Waals surface area contributed by atoms with Crippen LogP contribution in [0.1, 0.15) is 23.2 Å². The highest BCUT2D eigenvalue weighted by Crippen LogP contribution is 2.16. The summed E-state index contributed by atoms with van der Waals surface area (Å²) in [6.45, 7) is 1.28. The van der Waals surface area contributed by atoms with E-state index in [1.54, 1.807) is 24.2 Å². The number of hydrogen-bond donors (Lipinski definition) is 0. The van der Waals surface area contributed by atoms with Gasteiger partial charge in [-0.3, -0.25) is 9.59 Å². The van der Waals surface area contributed by atoms with Gasteiger partial charge in [-0.05, 0) is 18.9 Å². The fraction of sp³-hybridized carbons (Fsp3) is 0.500. The zero-order valence-electron chi connectivity index (χ0n) is 9.73. The molecular weight excluding hydrogens is 240 g/mol. The van der Waals surface area contributed by atoms with Gasteiger partial charge in [0.05, 0.1) is 5.38 Å². The zero-order valence-corrected chi connectivity index (χ0v) is 10.5.